The molecule has 2 aliphatic rings. The van der Waals surface area contributed by atoms with Gasteiger partial charge in [0.15, 0.2) is 11.5 Å². The van der Waals surface area contributed by atoms with Crippen molar-refractivity contribution in [2.75, 3.05) is 13.2 Å². The zero-order valence-corrected chi connectivity index (χ0v) is 12.4. The van der Waals surface area contributed by atoms with Gasteiger partial charge in [0.05, 0.1) is 6.54 Å². The minimum Gasteiger partial charge on any atom is -0.486 e. The number of rotatable bonds is 2. The van der Waals surface area contributed by atoms with Gasteiger partial charge in [-0.15, -0.1) is 0 Å². The summed E-state index contributed by atoms with van der Waals surface area (Å²) in [4.78, 5) is 14.5. The molecule has 3 rings (SSSR count). The van der Waals surface area contributed by atoms with Crippen LogP contribution in [0.3, 0.4) is 0 Å². The Balaban J connectivity index is 1.88. The van der Waals surface area contributed by atoms with Gasteiger partial charge in [0.2, 0.25) is 5.91 Å². The van der Waals surface area contributed by atoms with Gasteiger partial charge in [-0.1, -0.05) is 26.8 Å². The number of hydrogen-bond donors (Lipinski definition) is 0. The van der Waals surface area contributed by atoms with Crippen LogP contribution in [-0.4, -0.2) is 24.0 Å². The molecule has 4 nitrogen and oxygen atoms in total. The van der Waals surface area contributed by atoms with E-state index in [-0.39, 0.29) is 11.3 Å². The number of hydrogen-bond acceptors (Lipinski definition) is 3. The van der Waals surface area contributed by atoms with Crippen molar-refractivity contribution < 1.29 is 14.3 Å². The molecule has 0 atom stereocenters. The summed E-state index contributed by atoms with van der Waals surface area (Å²) in [5.41, 5.74) is 1.98. The first kappa shape index (κ1) is 13.3. The third-order valence-corrected chi connectivity index (χ3v) is 4.37. The second-order valence-corrected chi connectivity index (χ2v) is 6.13. The average Bonchev–Trinajstić information content (AvgIpc) is 2.90. The summed E-state index contributed by atoms with van der Waals surface area (Å²) in [6, 6.07) is 4.00. The molecule has 4 heteroatoms. The fourth-order valence-electron chi connectivity index (χ4n) is 2.71. The van der Waals surface area contributed by atoms with Gasteiger partial charge in [0.1, 0.15) is 13.2 Å². The second-order valence-electron chi connectivity index (χ2n) is 6.13. The van der Waals surface area contributed by atoms with Crippen LogP contribution in [0, 0.1) is 5.41 Å². The Kier molecular flexibility index (Phi) is 3.11. The van der Waals surface area contributed by atoms with E-state index in [1.165, 1.54) is 5.56 Å². The SMILES string of the molecule is CCC(C)(C)C(=O)N1Cc2ccc3c(c2C1)OCCO3. The Morgan fingerprint density at radius 3 is 2.75 bits per heavy atom. The molecular formula is C16H21NO3. The van der Waals surface area contributed by atoms with E-state index in [9.17, 15) is 4.79 Å². The first-order chi connectivity index (χ1) is 9.53. The van der Waals surface area contributed by atoms with E-state index < -0.39 is 0 Å². The van der Waals surface area contributed by atoms with Crippen molar-refractivity contribution in [3.8, 4) is 11.5 Å². The third-order valence-electron chi connectivity index (χ3n) is 4.37. The molecule has 1 aromatic rings. The summed E-state index contributed by atoms with van der Waals surface area (Å²) in [7, 11) is 0. The van der Waals surface area contributed by atoms with E-state index in [4.69, 9.17) is 9.47 Å². The van der Waals surface area contributed by atoms with E-state index in [1.54, 1.807) is 0 Å². The Hall–Kier alpha value is -1.71. The van der Waals surface area contributed by atoms with Crippen LogP contribution < -0.4 is 9.47 Å². The molecule has 0 aliphatic carbocycles. The first-order valence-corrected chi connectivity index (χ1v) is 7.22. The number of benzene rings is 1. The molecule has 2 aliphatic heterocycles. The fourth-order valence-corrected chi connectivity index (χ4v) is 2.71. The smallest absolute Gasteiger partial charge is 0.228 e. The van der Waals surface area contributed by atoms with Gasteiger partial charge >= 0.3 is 0 Å². The van der Waals surface area contributed by atoms with Gasteiger partial charge in [-0.25, -0.2) is 0 Å². The number of nitrogens with zero attached hydrogens (tertiary/aromatic N) is 1. The largest absolute Gasteiger partial charge is 0.486 e. The highest BCUT2D eigenvalue weighted by Gasteiger charge is 2.35. The maximum atomic E-state index is 12.6. The van der Waals surface area contributed by atoms with Crippen LogP contribution in [0.4, 0.5) is 0 Å². The number of ether oxygens (including phenoxy) is 2. The molecular weight excluding hydrogens is 254 g/mol. The summed E-state index contributed by atoms with van der Waals surface area (Å²) in [6.07, 6.45) is 0.844. The lowest BCUT2D eigenvalue weighted by molar-refractivity contribution is -0.141. The summed E-state index contributed by atoms with van der Waals surface area (Å²) >= 11 is 0. The molecule has 0 saturated carbocycles. The van der Waals surface area contributed by atoms with Gasteiger partial charge in [-0.3, -0.25) is 4.79 Å². The molecule has 0 aromatic heterocycles. The molecule has 0 saturated heterocycles. The maximum Gasteiger partial charge on any atom is 0.228 e. The van der Waals surface area contributed by atoms with Crippen molar-refractivity contribution in [3.63, 3.8) is 0 Å². The number of fused-ring (bicyclic) bond motifs is 3. The summed E-state index contributed by atoms with van der Waals surface area (Å²) in [5, 5.41) is 0. The highest BCUT2D eigenvalue weighted by atomic mass is 16.6. The van der Waals surface area contributed by atoms with Gasteiger partial charge < -0.3 is 14.4 Å². The van der Waals surface area contributed by atoms with Crippen LogP contribution in [0.5, 0.6) is 11.5 Å². The van der Waals surface area contributed by atoms with Gasteiger partial charge in [0.25, 0.3) is 0 Å². The standard InChI is InChI=1S/C16H21NO3/c1-4-16(2,3)15(18)17-9-11-5-6-13-14(12(11)10-17)20-8-7-19-13/h5-6H,4,7-10H2,1-3H3. The maximum absolute atomic E-state index is 12.6. The van der Waals surface area contributed by atoms with Crippen LogP contribution in [0.2, 0.25) is 0 Å². The summed E-state index contributed by atoms with van der Waals surface area (Å²) in [5.74, 6) is 1.85. The predicted molar refractivity (Wildman–Crippen MR) is 75.8 cm³/mol. The monoisotopic (exact) mass is 275 g/mol. The zero-order chi connectivity index (χ0) is 14.3. The molecule has 0 bridgehead atoms. The molecule has 108 valence electrons. The van der Waals surface area contributed by atoms with E-state index in [1.807, 2.05) is 24.8 Å². The topological polar surface area (TPSA) is 38.8 Å². The van der Waals surface area contributed by atoms with Crippen LogP contribution in [-0.2, 0) is 17.9 Å². The summed E-state index contributed by atoms with van der Waals surface area (Å²) in [6.45, 7) is 8.55. The van der Waals surface area contributed by atoms with Crippen LogP contribution in [0.25, 0.3) is 0 Å². The highest BCUT2D eigenvalue weighted by molar-refractivity contribution is 5.82. The molecule has 0 radical (unpaired) electrons. The third kappa shape index (κ3) is 2.03. The fraction of sp³-hybridized carbons (Fsp3) is 0.562. The van der Waals surface area contributed by atoms with E-state index in [0.29, 0.717) is 26.3 Å². The zero-order valence-electron chi connectivity index (χ0n) is 12.4. The van der Waals surface area contributed by atoms with Gasteiger partial charge in [0, 0.05) is 17.5 Å². The van der Waals surface area contributed by atoms with Crippen LogP contribution in [0.1, 0.15) is 38.3 Å². The predicted octanol–water partition coefficient (Wildman–Crippen LogP) is 2.74. The minimum absolute atomic E-state index is 0.210. The normalized spacial score (nSPS) is 17.1. The first-order valence-electron chi connectivity index (χ1n) is 7.22. The second kappa shape index (κ2) is 4.69. The van der Waals surface area contributed by atoms with Crippen molar-refractivity contribution in [1.29, 1.82) is 0 Å². The molecule has 1 aromatic carbocycles. The van der Waals surface area contributed by atoms with Crippen molar-refractivity contribution in [2.24, 2.45) is 5.41 Å². The molecule has 0 spiro atoms. The number of carbonyl (C=O) groups excluding carboxylic acids is 1. The van der Waals surface area contributed by atoms with Gasteiger partial charge in [-0.2, -0.15) is 0 Å². The van der Waals surface area contributed by atoms with E-state index >= 15 is 0 Å². The lowest BCUT2D eigenvalue weighted by Crippen LogP contribution is -2.37. The van der Waals surface area contributed by atoms with Crippen LogP contribution in [0.15, 0.2) is 12.1 Å². The lowest BCUT2D eigenvalue weighted by atomic mass is 9.88. The van der Waals surface area contributed by atoms with Crippen molar-refractivity contribution in [1.82, 2.24) is 4.90 Å². The molecule has 2 heterocycles. The molecule has 0 fully saturated rings. The number of carbonyl (C=O) groups is 1. The molecule has 1 amide bonds. The lowest BCUT2D eigenvalue weighted by Gasteiger charge is -2.28. The van der Waals surface area contributed by atoms with E-state index in [0.717, 1.165) is 23.5 Å². The summed E-state index contributed by atoms with van der Waals surface area (Å²) < 4.78 is 11.3. The van der Waals surface area contributed by atoms with Crippen LogP contribution >= 0.6 is 0 Å². The number of amides is 1. The van der Waals surface area contributed by atoms with Crippen molar-refractivity contribution in [3.05, 3.63) is 23.3 Å². The molecule has 0 unspecified atom stereocenters. The Morgan fingerprint density at radius 1 is 1.25 bits per heavy atom. The molecule has 20 heavy (non-hydrogen) atoms. The van der Waals surface area contributed by atoms with Crippen molar-refractivity contribution in [2.45, 2.75) is 40.3 Å². The minimum atomic E-state index is -0.306. The average molecular weight is 275 g/mol. The Bertz CT molecular complexity index is 551. The Morgan fingerprint density at radius 2 is 2.00 bits per heavy atom. The molecule has 0 N–H and O–H groups in total. The van der Waals surface area contributed by atoms with Crippen molar-refractivity contribution >= 4 is 5.91 Å². The highest BCUT2D eigenvalue weighted by Crippen LogP contribution is 2.41. The Labute approximate surface area is 119 Å². The quantitative estimate of drug-likeness (QED) is 0.833. The van der Waals surface area contributed by atoms with E-state index in [2.05, 4.69) is 13.0 Å². The van der Waals surface area contributed by atoms with Gasteiger partial charge in [-0.05, 0) is 18.1 Å².